The van der Waals surface area contributed by atoms with Crippen molar-refractivity contribution < 1.29 is 13.9 Å². The number of halogens is 1. The highest BCUT2D eigenvalue weighted by Crippen LogP contribution is 2.28. The van der Waals surface area contributed by atoms with Crippen LogP contribution in [0.15, 0.2) is 77.0 Å². The van der Waals surface area contributed by atoms with Crippen molar-refractivity contribution in [3.63, 3.8) is 0 Å². The van der Waals surface area contributed by atoms with E-state index < -0.39 is 11.8 Å². The second kappa shape index (κ2) is 9.10. The lowest BCUT2D eigenvalue weighted by Gasteiger charge is -2.11. The van der Waals surface area contributed by atoms with Crippen LogP contribution in [-0.4, -0.2) is 20.1 Å². The van der Waals surface area contributed by atoms with Crippen LogP contribution in [0.25, 0.3) is 11.1 Å². The lowest BCUT2D eigenvalue weighted by molar-refractivity contribution is -0.134. The standard InChI is InChI=1S/C23H22FN3O2/c1-4-23(28)29-22-14-7-17(15-21(22)24)16-5-8-18(9-6-16)25-26-19-10-12-20(13-11-19)27(2)3/h5-15H,4H2,1-3H3. The van der Waals surface area contributed by atoms with Crippen LogP contribution in [0.5, 0.6) is 5.75 Å². The van der Waals surface area contributed by atoms with Gasteiger partial charge < -0.3 is 9.64 Å². The summed E-state index contributed by atoms with van der Waals surface area (Å²) in [6, 6.07) is 19.6. The first-order valence-electron chi connectivity index (χ1n) is 9.26. The van der Waals surface area contributed by atoms with Gasteiger partial charge >= 0.3 is 5.97 Å². The summed E-state index contributed by atoms with van der Waals surface area (Å²) in [6.45, 7) is 1.66. The number of hydrogen-bond acceptors (Lipinski definition) is 5. The summed E-state index contributed by atoms with van der Waals surface area (Å²) >= 11 is 0. The molecule has 0 saturated carbocycles. The van der Waals surface area contributed by atoms with E-state index in [1.807, 2.05) is 67.5 Å². The number of carbonyl (C=O) groups excluding carboxylic acids is 1. The lowest BCUT2D eigenvalue weighted by Crippen LogP contribution is -2.07. The third-order valence-corrected chi connectivity index (χ3v) is 4.29. The molecule has 6 heteroatoms. The maximum absolute atomic E-state index is 14.2. The first-order valence-corrected chi connectivity index (χ1v) is 9.26. The van der Waals surface area contributed by atoms with Crippen molar-refractivity contribution in [2.45, 2.75) is 13.3 Å². The zero-order valence-electron chi connectivity index (χ0n) is 16.6. The van der Waals surface area contributed by atoms with Crippen molar-refractivity contribution in [1.29, 1.82) is 0 Å². The molecule has 0 atom stereocenters. The monoisotopic (exact) mass is 391 g/mol. The van der Waals surface area contributed by atoms with Crippen LogP contribution in [0.3, 0.4) is 0 Å². The number of anilines is 1. The smallest absolute Gasteiger partial charge is 0.310 e. The van der Waals surface area contributed by atoms with Gasteiger partial charge in [0.25, 0.3) is 0 Å². The van der Waals surface area contributed by atoms with Crippen molar-refractivity contribution >= 4 is 23.0 Å². The zero-order valence-corrected chi connectivity index (χ0v) is 16.6. The molecule has 3 aromatic carbocycles. The van der Waals surface area contributed by atoms with Crippen molar-refractivity contribution in [1.82, 2.24) is 0 Å². The maximum atomic E-state index is 14.2. The van der Waals surface area contributed by atoms with E-state index in [1.54, 1.807) is 13.0 Å². The van der Waals surface area contributed by atoms with E-state index >= 15 is 0 Å². The summed E-state index contributed by atoms with van der Waals surface area (Å²) in [4.78, 5) is 13.3. The topological polar surface area (TPSA) is 54.3 Å². The molecule has 0 amide bonds. The van der Waals surface area contributed by atoms with Crippen molar-refractivity contribution in [2.75, 3.05) is 19.0 Å². The molecular weight excluding hydrogens is 369 g/mol. The molecule has 0 fully saturated rings. The van der Waals surface area contributed by atoms with Crippen LogP contribution in [0.4, 0.5) is 21.5 Å². The van der Waals surface area contributed by atoms with Crippen LogP contribution in [0.2, 0.25) is 0 Å². The van der Waals surface area contributed by atoms with Gasteiger partial charge in [-0.15, -0.1) is 0 Å². The Bertz CT molecular complexity index is 1010. The van der Waals surface area contributed by atoms with Crippen LogP contribution in [0, 0.1) is 5.82 Å². The van der Waals surface area contributed by atoms with Gasteiger partial charge in [-0.2, -0.15) is 10.2 Å². The van der Waals surface area contributed by atoms with Crippen molar-refractivity contribution in [3.8, 4) is 16.9 Å². The van der Waals surface area contributed by atoms with Gasteiger partial charge in [0.05, 0.1) is 11.4 Å². The minimum atomic E-state index is -0.575. The molecule has 0 aromatic heterocycles. The molecule has 148 valence electrons. The van der Waals surface area contributed by atoms with E-state index in [4.69, 9.17) is 4.74 Å². The Balaban J connectivity index is 1.71. The average Bonchev–Trinajstić information content (AvgIpc) is 2.74. The molecule has 0 aliphatic carbocycles. The molecule has 29 heavy (non-hydrogen) atoms. The fraction of sp³-hybridized carbons (Fsp3) is 0.174. The Morgan fingerprint density at radius 2 is 1.45 bits per heavy atom. The molecule has 0 aliphatic rings. The van der Waals surface area contributed by atoms with Gasteiger partial charge in [0.2, 0.25) is 0 Å². The molecule has 0 bridgehead atoms. The molecule has 0 N–H and O–H groups in total. The minimum absolute atomic E-state index is 0.0636. The normalized spacial score (nSPS) is 10.9. The number of nitrogens with zero attached hydrogens (tertiary/aromatic N) is 3. The first kappa shape index (κ1) is 20.2. The van der Waals surface area contributed by atoms with E-state index in [-0.39, 0.29) is 12.2 Å². The largest absolute Gasteiger partial charge is 0.423 e. The number of benzene rings is 3. The molecule has 3 aromatic rings. The van der Waals surface area contributed by atoms with Gasteiger partial charge in [-0.1, -0.05) is 25.1 Å². The van der Waals surface area contributed by atoms with E-state index in [0.717, 1.165) is 16.9 Å². The van der Waals surface area contributed by atoms with E-state index in [9.17, 15) is 9.18 Å². The molecule has 0 heterocycles. The summed E-state index contributed by atoms with van der Waals surface area (Å²) in [6.07, 6.45) is 0.191. The predicted molar refractivity (Wildman–Crippen MR) is 113 cm³/mol. The number of azo groups is 1. The summed E-state index contributed by atoms with van der Waals surface area (Å²) < 4.78 is 19.1. The van der Waals surface area contributed by atoms with E-state index in [1.165, 1.54) is 12.1 Å². The summed E-state index contributed by atoms with van der Waals surface area (Å²) in [5.41, 5.74) is 4.06. The molecular formula is C23H22FN3O2. The highest BCUT2D eigenvalue weighted by atomic mass is 19.1. The number of hydrogen-bond donors (Lipinski definition) is 0. The Hall–Kier alpha value is -3.54. The van der Waals surface area contributed by atoms with E-state index in [0.29, 0.717) is 11.3 Å². The van der Waals surface area contributed by atoms with Gasteiger partial charge in [-0.25, -0.2) is 4.39 Å². The SMILES string of the molecule is CCC(=O)Oc1ccc(-c2ccc(N=Nc3ccc(N(C)C)cc3)cc2)cc1F. The molecule has 0 saturated heterocycles. The van der Waals surface area contributed by atoms with Gasteiger partial charge in [0.1, 0.15) is 0 Å². The fourth-order valence-corrected chi connectivity index (χ4v) is 2.61. The minimum Gasteiger partial charge on any atom is -0.423 e. The Kier molecular flexibility index (Phi) is 6.34. The van der Waals surface area contributed by atoms with Crippen LogP contribution in [0.1, 0.15) is 13.3 Å². The summed E-state index contributed by atoms with van der Waals surface area (Å²) in [5.74, 6) is -1.11. The van der Waals surface area contributed by atoms with E-state index in [2.05, 4.69) is 10.2 Å². The fourth-order valence-electron chi connectivity index (χ4n) is 2.61. The number of carbonyl (C=O) groups is 1. The van der Waals surface area contributed by atoms with Crippen LogP contribution >= 0.6 is 0 Å². The molecule has 5 nitrogen and oxygen atoms in total. The molecule has 0 aliphatic heterocycles. The maximum Gasteiger partial charge on any atom is 0.310 e. The third kappa shape index (κ3) is 5.25. The molecule has 0 radical (unpaired) electrons. The average molecular weight is 391 g/mol. The van der Waals surface area contributed by atoms with Gasteiger partial charge in [0, 0.05) is 26.2 Å². The third-order valence-electron chi connectivity index (χ3n) is 4.29. The van der Waals surface area contributed by atoms with Gasteiger partial charge in [-0.05, 0) is 59.7 Å². The number of rotatable bonds is 6. The van der Waals surface area contributed by atoms with Crippen molar-refractivity contribution in [2.24, 2.45) is 10.2 Å². The second-order valence-electron chi connectivity index (χ2n) is 6.63. The highest BCUT2D eigenvalue weighted by molar-refractivity contribution is 5.73. The predicted octanol–water partition coefficient (Wildman–Crippen LogP) is 6.29. The lowest BCUT2D eigenvalue weighted by atomic mass is 10.1. The molecule has 0 unspecified atom stereocenters. The summed E-state index contributed by atoms with van der Waals surface area (Å²) in [7, 11) is 3.96. The first-order chi connectivity index (χ1) is 14.0. The highest BCUT2D eigenvalue weighted by Gasteiger charge is 2.09. The van der Waals surface area contributed by atoms with Crippen LogP contribution in [-0.2, 0) is 4.79 Å². The Labute approximate surface area is 169 Å². The second-order valence-corrected chi connectivity index (χ2v) is 6.63. The zero-order chi connectivity index (χ0) is 20.8. The number of ether oxygens (including phenoxy) is 1. The van der Waals surface area contributed by atoms with Gasteiger partial charge in [-0.3, -0.25) is 4.79 Å². The van der Waals surface area contributed by atoms with Crippen molar-refractivity contribution in [3.05, 3.63) is 72.5 Å². The number of esters is 1. The molecule has 0 spiro atoms. The Morgan fingerprint density at radius 3 is 1.97 bits per heavy atom. The Morgan fingerprint density at radius 1 is 0.897 bits per heavy atom. The molecule has 3 rings (SSSR count). The quantitative estimate of drug-likeness (QED) is 0.282. The van der Waals surface area contributed by atoms with Gasteiger partial charge in [0.15, 0.2) is 11.6 Å². The summed E-state index contributed by atoms with van der Waals surface area (Å²) in [5, 5.41) is 8.48. The van der Waals surface area contributed by atoms with Crippen LogP contribution < -0.4 is 9.64 Å².